The van der Waals surface area contributed by atoms with Gasteiger partial charge in [0.15, 0.2) is 0 Å². The summed E-state index contributed by atoms with van der Waals surface area (Å²) in [5, 5.41) is 0. The normalized spacial score (nSPS) is 12.4. The summed E-state index contributed by atoms with van der Waals surface area (Å²) in [4.78, 5) is 4.21. The molecule has 17 heavy (non-hydrogen) atoms. The summed E-state index contributed by atoms with van der Waals surface area (Å²) in [6, 6.07) is 12.7. The molecule has 0 aliphatic carbocycles. The van der Waals surface area contributed by atoms with Gasteiger partial charge in [-0.3, -0.25) is 4.98 Å². The molecule has 0 saturated heterocycles. The Balaban J connectivity index is 2.39. The fourth-order valence-electron chi connectivity index (χ4n) is 1.91. The molecule has 0 saturated carbocycles. The number of aromatic nitrogens is 1. The van der Waals surface area contributed by atoms with Crippen LogP contribution in [0.3, 0.4) is 0 Å². The summed E-state index contributed by atoms with van der Waals surface area (Å²) in [7, 11) is 0. The lowest BCUT2D eigenvalue weighted by molar-refractivity contribution is 0.699. The molecule has 1 aromatic heterocycles. The number of aryl methyl sites for hydroxylation is 1. The van der Waals surface area contributed by atoms with E-state index in [9.17, 15) is 0 Å². The van der Waals surface area contributed by atoms with Crippen LogP contribution in [0.2, 0.25) is 0 Å². The smallest absolute Gasteiger partial charge is 0.0378 e. The third-order valence-electron chi connectivity index (χ3n) is 2.98. The molecule has 0 aliphatic rings. The van der Waals surface area contributed by atoms with E-state index in [1.807, 2.05) is 19.2 Å². The van der Waals surface area contributed by atoms with Gasteiger partial charge in [-0.1, -0.05) is 25.1 Å². The van der Waals surface area contributed by atoms with Crippen LogP contribution in [0.4, 0.5) is 0 Å². The molecule has 1 heterocycles. The number of hydrogen-bond donors (Lipinski definition) is 1. The standard InChI is InChI=1S/C15H18N2/c1-3-15(16)14-6-4-5-12(10-14)13-7-8-17-11(2)9-13/h4-10,15H,3,16H2,1-2H3. The van der Waals surface area contributed by atoms with E-state index in [0.717, 1.165) is 12.1 Å². The topological polar surface area (TPSA) is 38.9 Å². The highest BCUT2D eigenvalue weighted by atomic mass is 14.6. The van der Waals surface area contributed by atoms with Crippen molar-refractivity contribution in [2.75, 3.05) is 0 Å². The van der Waals surface area contributed by atoms with Crippen LogP contribution in [0, 0.1) is 6.92 Å². The van der Waals surface area contributed by atoms with Crippen LogP contribution in [0.15, 0.2) is 42.6 Å². The minimum absolute atomic E-state index is 0.123. The van der Waals surface area contributed by atoms with Gasteiger partial charge in [0, 0.05) is 17.9 Å². The molecule has 0 spiro atoms. The number of nitrogens with two attached hydrogens (primary N) is 1. The first-order valence-electron chi connectivity index (χ1n) is 5.99. The average Bonchev–Trinajstić information content (AvgIpc) is 2.38. The molecule has 0 bridgehead atoms. The highest BCUT2D eigenvalue weighted by Crippen LogP contribution is 2.23. The monoisotopic (exact) mass is 226 g/mol. The van der Waals surface area contributed by atoms with Gasteiger partial charge in [0.25, 0.3) is 0 Å². The minimum atomic E-state index is 0.123. The fourth-order valence-corrected chi connectivity index (χ4v) is 1.91. The van der Waals surface area contributed by atoms with Gasteiger partial charge < -0.3 is 5.73 Å². The van der Waals surface area contributed by atoms with Crippen molar-refractivity contribution in [2.24, 2.45) is 5.73 Å². The van der Waals surface area contributed by atoms with Crippen molar-refractivity contribution in [1.29, 1.82) is 0 Å². The number of rotatable bonds is 3. The zero-order valence-corrected chi connectivity index (χ0v) is 10.4. The number of benzene rings is 1. The van der Waals surface area contributed by atoms with Crippen LogP contribution in [0.25, 0.3) is 11.1 Å². The molecule has 1 aromatic carbocycles. The molecule has 0 fully saturated rings. The van der Waals surface area contributed by atoms with E-state index in [0.29, 0.717) is 0 Å². The van der Waals surface area contributed by atoms with Gasteiger partial charge >= 0.3 is 0 Å². The van der Waals surface area contributed by atoms with Gasteiger partial charge in [-0.2, -0.15) is 0 Å². The Morgan fingerprint density at radius 3 is 2.65 bits per heavy atom. The lowest BCUT2D eigenvalue weighted by Crippen LogP contribution is -2.08. The van der Waals surface area contributed by atoms with Gasteiger partial charge in [-0.25, -0.2) is 0 Å². The average molecular weight is 226 g/mol. The summed E-state index contributed by atoms with van der Waals surface area (Å²) in [5.41, 5.74) is 10.7. The summed E-state index contributed by atoms with van der Waals surface area (Å²) in [6.07, 6.45) is 2.80. The first-order chi connectivity index (χ1) is 8.20. The summed E-state index contributed by atoms with van der Waals surface area (Å²) in [5.74, 6) is 0. The van der Waals surface area contributed by atoms with Crippen LogP contribution in [-0.2, 0) is 0 Å². The molecule has 2 rings (SSSR count). The molecule has 0 aliphatic heterocycles. The number of hydrogen-bond acceptors (Lipinski definition) is 2. The number of pyridine rings is 1. The lowest BCUT2D eigenvalue weighted by Gasteiger charge is -2.11. The molecule has 0 radical (unpaired) electrons. The zero-order valence-electron chi connectivity index (χ0n) is 10.4. The van der Waals surface area contributed by atoms with E-state index in [2.05, 4.69) is 42.2 Å². The first kappa shape index (κ1) is 11.8. The van der Waals surface area contributed by atoms with Gasteiger partial charge in [0.2, 0.25) is 0 Å². The van der Waals surface area contributed by atoms with Crippen LogP contribution in [0.5, 0.6) is 0 Å². The largest absolute Gasteiger partial charge is 0.324 e. The summed E-state index contributed by atoms with van der Waals surface area (Å²) < 4.78 is 0. The van der Waals surface area contributed by atoms with E-state index >= 15 is 0 Å². The molecule has 1 atom stereocenters. The van der Waals surface area contributed by atoms with Crippen molar-refractivity contribution < 1.29 is 0 Å². The Morgan fingerprint density at radius 1 is 1.18 bits per heavy atom. The van der Waals surface area contributed by atoms with Crippen molar-refractivity contribution in [1.82, 2.24) is 4.98 Å². The second kappa shape index (κ2) is 5.11. The van der Waals surface area contributed by atoms with Crippen molar-refractivity contribution >= 4 is 0 Å². The van der Waals surface area contributed by atoms with Crippen LogP contribution < -0.4 is 5.73 Å². The Labute approximate surface area is 103 Å². The Hall–Kier alpha value is -1.67. The van der Waals surface area contributed by atoms with Crippen LogP contribution in [0.1, 0.15) is 30.6 Å². The van der Waals surface area contributed by atoms with Crippen molar-refractivity contribution in [3.8, 4) is 11.1 Å². The van der Waals surface area contributed by atoms with E-state index in [1.54, 1.807) is 0 Å². The molecular formula is C15H18N2. The maximum Gasteiger partial charge on any atom is 0.0378 e. The lowest BCUT2D eigenvalue weighted by atomic mass is 9.99. The quantitative estimate of drug-likeness (QED) is 0.870. The predicted octanol–water partition coefficient (Wildman–Crippen LogP) is 3.47. The van der Waals surface area contributed by atoms with Crippen LogP contribution in [-0.4, -0.2) is 4.98 Å². The molecule has 2 N–H and O–H groups in total. The number of nitrogens with zero attached hydrogens (tertiary/aromatic N) is 1. The first-order valence-corrected chi connectivity index (χ1v) is 5.99. The highest BCUT2D eigenvalue weighted by Gasteiger charge is 2.05. The molecule has 88 valence electrons. The Kier molecular flexibility index (Phi) is 3.55. The minimum Gasteiger partial charge on any atom is -0.324 e. The Bertz CT molecular complexity index is 506. The second-order valence-electron chi connectivity index (χ2n) is 4.33. The van der Waals surface area contributed by atoms with E-state index in [4.69, 9.17) is 5.73 Å². The van der Waals surface area contributed by atoms with Gasteiger partial charge in [-0.05, 0) is 48.2 Å². The van der Waals surface area contributed by atoms with E-state index in [1.165, 1.54) is 16.7 Å². The summed E-state index contributed by atoms with van der Waals surface area (Å²) >= 11 is 0. The van der Waals surface area contributed by atoms with E-state index in [-0.39, 0.29) is 6.04 Å². The molecule has 2 nitrogen and oxygen atoms in total. The molecule has 2 heteroatoms. The van der Waals surface area contributed by atoms with E-state index < -0.39 is 0 Å². The second-order valence-corrected chi connectivity index (χ2v) is 4.33. The molecule has 1 unspecified atom stereocenters. The summed E-state index contributed by atoms with van der Waals surface area (Å²) in [6.45, 7) is 4.11. The predicted molar refractivity (Wildman–Crippen MR) is 71.6 cm³/mol. The van der Waals surface area contributed by atoms with Gasteiger partial charge in [-0.15, -0.1) is 0 Å². The molecule has 2 aromatic rings. The molecular weight excluding hydrogens is 208 g/mol. The third kappa shape index (κ3) is 2.71. The maximum atomic E-state index is 6.06. The van der Waals surface area contributed by atoms with Crippen molar-refractivity contribution in [3.63, 3.8) is 0 Å². The SMILES string of the molecule is CCC(N)c1cccc(-c2ccnc(C)c2)c1. The zero-order chi connectivity index (χ0) is 12.3. The highest BCUT2D eigenvalue weighted by molar-refractivity contribution is 5.64. The Morgan fingerprint density at radius 2 is 1.94 bits per heavy atom. The maximum absolute atomic E-state index is 6.06. The third-order valence-corrected chi connectivity index (χ3v) is 2.98. The van der Waals surface area contributed by atoms with Crippen molar-refractivity contribution in [3.05, 3.63) is 53.9 Å². The van der Waals surface area contributed by atoms with Gasteiger partial charge in [0.05, 0.1) is 0 Å². The van der Waals surface area contributed by atoms with Crippen molar-refractivity contribution in [2.45, 2.75) is 26.3 Å². The molecule has 0 amide bonds. The fraction of sp³-hybridized carbons (Fsp3) is 0.267. The van der Waals surface area contributed by atoms with Gasteiger partial charge in [0.1, 0.15) is 0 Å². The van der Waals surface area contributed by atoms with Crippen LogP contribution >= 0.6 is 0 Å².